The van der Waals surface area contributed by atoms with Gasteiger partial charge in [0.15, 0.2) is 11.6 Å². The molecule has 1 aliphatic heterocycles. The van der Waals surface area contributed by atoms with E-state index in [1.54, 1.807) is 18.2 Å². The molecule has 2 aromatic rings. The summed E-state index contributed by atoms with van der Waals surface area (Å²) in [6.45, 7) is 11.0. The summed E-state index contributed by atoms with van der Waals surface area (Å²) in [6, 6.07) is 7.90. The maximum absolute atomic E-state index is 14.0. The van der Waals surface area contributed by atoms with Crippen LogP contribution in [0.4, 0.5) is 11.4 Å². The van der Waals surface area contributed by atoms with Crippen molar-refractivity contribution in [1.82, 2.24) is 4.90 Å². The van der Waals surface area contributed by atoms with Crippen molar-refractivity contribution in [3.05, 3.63) is 89.8 Å². The van der Waals surface area contributed by atoms with E-state index in [9.17, 15) is 29.8 Å². The molecule has 226 valence electrons. The molecule has 5 rings (SSSR count). The number of hydrogen-bond acceptors (Lipinski definition) is 8. The van der Waals surface area contributed by atoms with Crippen molar-refractivity contribution >= 4 is 34.5 Å². The maximum atomic E-state index is 14.0. The van der Waals surface area contributed by atoms with Crippen LogP contribution in [0.15, 0.2) is 58.9 Å². The monoisotopic (exact) mass is 607 g/mol. The van der Waals surface area contributed by atoms with Gasteiger partial charge in [-0.2, -0.15) is 0 Å². The minimum absolute atomic E-state index is 0.0613. The van der Waals surface area contributed by atoms with Gasteiger partial charge in [0.2, 0.25) is 5.75 Å². The first-order valence-corrected chi connectivity index (χ1v) is 14.7. The standard InChI is InChI=1S/C32H34ClN3O7/c1-6-11-34-22-14-31(2,3)16-24(37)29(22)28(30-23(34)15-32(4,5)17-25(30)38)20-12-18(33)7-9-26(20)43-27-10-8-19(35(39)40)13-21(27)36(41)42/h7-10,12-13,28H,6,11,14-17H2,1-5H3. The molecule has 11 heteroatoms. The van der Waals surface area contributed by atoms with Crippen LogP contribution in [0.25, 0.3) is 0 Å². The van der Waals surface area contributed by atoms with Crippen LogP contribution in [0, 0.1) is 31.1 Å². The van der Waals surface area contributed by atoms with Crippen molar-refractivity contribution in [3.63, 3.8) is 0 Å². The van der Waals surface area contributed by atoms with Crippen molar-refractivity contribution in [2.24, 2.45) is 10.8 Å². The van der Waals surface area contributed by atoms with Crippen molar-refractivity contribution < 1.29 is 24.2 Å². The van der Waals surface area contributed by atoms with Gasteiger partial charge in [-0.3, -0.25) is 29.8 Å². The molecule has 0 aromatic heterocycles. The maximum Gasteiger partial charge on any atom is 0.318 e. The minimum atomic E-state index is -0.781. The Labute approximate surface area is 254 Å². The van der Waals surface area contributed by atoms with Crippen LogP contribution in [0.5, 0.6) is 11.5 Å². The van der Waals surface area contributed by atoms with Gasteiger partial charge in [0.05, 0.1) is 15.9 Å². The van der Waals surface area contributed by atoms with Gasteiger partial charge in [0.25, 0.3) is 5.69 Å². The molecular formula is C32H34ClN3O7. The average molecular weight is 608 g/mol. The van der Waals surface area contributed by atoms with Gasteiger partial charge in [-0.15, -0.1) is 0 Å². The number of Topliss-reactive ketones (excluding diaryl/α,β-unsaturated/α-hetero) is 2. The molecule has 0 bridgehead atoms. The summed E-state index contributed by atoms with van der Waals surface area (Å²) in [5, 5.41) is 23.5. The number of benzene rings is 2. The number of ether oxygens (including phenoxy) is 1. The second-order valence-electron chi connectivity index (χ2n) is 13.1. The molecule has 0 N–H and O–H groups in total. The Bertz CT molecular complexity index is 1590. The fourth-order valence-corrected chi connectivity index (χ4v) is 6.84. The molecule has 3 aliphatic rings. The number of carbonyl (C=O) groups excluding carboxylic acids is 2. The number of nitro benzene ring substituents is 2. The molecule has 0 spiro atoms. The number of rotatable bonds is 7. The largest absolute Gasteiger partial charge is 0.450 e. The highest BCUT2D eigenvalue weighted by molar-refractivity contribution is 6.30. The Balaban J connectivity index is 1.76. The molecule has 0 saturated heterocycles. The third-order valence-corrected chi connectivity index (χ3v) is 8.56. The number of ketones is 2. The SMILES string of the molecule is CCCN1C2=C(C(=O)CC(C)(C)C2)C(c2cc(Cl)ccc2Oc2ccc([N+](=O)[O-])cc2[N+](=O)[O-])C2=C1CC(C)(C)CC2=O. The zero-order chi connectivity index (χ0) is 31.4. The van der Waals surface area contributed by atoms with E-state index in [1.807, 2.05) is 0 Å². The van der Waals surface area contributed by atoms with Crippen LogP contribution in [-0.4, -0.2) is 32.9 Å². The highest BCUT2D eigenvalue weighted by atomic mass is 35.5. The topological polar surface area (TPSA) is 133 Å². The second-order valence-corrected chi connectivity index (χ2v) is 13.6. The summed E-state index contributed by atoms with van der Waals surface area (Å²) < 4.78 is 6.13. The predicted octanol–water partition coefficient (Wildman–Crippen LogP) is 8.04. The lowest BCUT2D eigenvalue weighted by Crippen LogP contribution is -2.44. The molecule has 2 aromatic carbocycles. The molecule has 1 heterocycles. The van der Waals surface area contributed by atoms with Gasteiger partial charge in [-0.1, -0.05) is 46.2 Å². The van der Waals surface area contributed by atoms with Gasteiger partial charge in [-0.25, -0.2) is 0 Å². The Morgan fingerprint density at radius 3 is 1.93 bits per heavy atom. The van der Waals surface area contributed by atoms with E-state index >= 15 is 0 Å². The molecule has 2 aliphatic carbocycles. The van der Waals surface area contributed by atoms with Gasteiger partial charge < -0.3 is 9.64 Å². The number of non-ortho nitro benzene ring substituents is 1. The molecule has 0 amide bonds. The van der Waals surface area contributed by atoms with Crippen LogP contribution < -0.4 is 4.74 Å². The van der Waals surface area contributed by atoms with Crippen molar-refractivity contribution in [2.75, 3.05) is 6.54 Å². The summed E-state index contributed by atoms with van der Waals surface area (Å²) in [7, 11) is 0. The molecule has 0 radical (unpaired) electrons. The third-order valence-electron chi connectivity index (χ3n) is 8.32. The fourth-order valence-electron chi connectivity index (χ4n) is 6.66. The predicted molar refractivity (Wildman–Crippen MR) is 161 cm³/mol. The Morgan fingerprint density at radius 2 is 1.42 bits per heavy atom. The van der Waals surface area contributed by atoms with E-state index in [0.717, 1.165) is 29.9 Å². The number of nitro groups is 2. The summed E-state index contributed by atoms with van der Waals surface area (Å²) in [5.74, 6) is -0.943. The van der Waals surface area contributed by atoms with Gasteiger partial charge in [-0.05, 0) is 54.4 Å². The Hall–Kier alpha value is -4.05. The second kappa shape index (κ2) is 10.9. The molecule has 0 atom stereocenters. The van der Waals surface area contributed by atoms with E-state index < -0.39 is 27.1 Å². The fraction of sp³-hybridized carbons (Fsp3) is 0.438. The van der Waals surface area contributed by atoms with Gasteiger partial charge in [0.1, 0.15) is 5.75 Å². The number of carbonyl (C=O) groups is 2. The van der Waals surface area contributed by atoms with E-state index in [4.69, 9.17) is 16.3 Å². The normalized spacial score (nSPS) is 19.7. The van der Waals surface area contributed by atoms with E-state index in [1.165, 1.54) is 6.07 Å². The number of allylic oxidation sites excluding steroid dienone is 4. The van der Waals surface area contributed by atoms with Gasteiger partial charge in [0, 0.05) is 64.5 Å². The van der Waals surface area contributed by atoms with Crippen molar-refractivity contribution in [2.45, 2.75) is 72.6 Å². The number of halogens is 1. The molecule has 43 heavy (non-hydrogen) atoms. The minimum Gasteiger partial charge on any atom is -0.450 e. The summed E-state index contributed by atoms with van der Waals surface area (Å²) in [5.41, 5.74) is 1.69. The summed E-state index contributed by atoms with van der Waals surface area (Å²) >= 11 is 6.52. The molecular weight excluding hydrogens is 574 g/mol. The quantitative estimate of drug-likeness (QED) is 0.228. The lowest BCUT2D eigenvalue weighted by molar-refractivity contribution is -0.394. The third kappa shape index (κ3) is 5.68. The lowest BCUT2D eigenvalue weighted by Gasteiger charge is -2.49. The van der Waals surface area contributed by atoms with E-state index in [2.05, 4.69) is 39.5 Å². The average Bonchev–Trinajstić information content (AvgIpc) is 2.89. The molecule has 0 unspecified atom stereocenters. The first-order chi connectivity index (χ1) is 20.1. The van der Waals surface area contributed by atoms with Crippen LogP contribution in [-0.2, 0) is 9.59 Å². The van der Waals surface area contributed by atoms with Crippen LogP contribution in [0.1, 0.15) is 78.2 Å². The first-order valence-electron chi connectivity index (χ1n) is 14.3. The zero-order valence-corrected chi connectivity index (χ0v) is 25.6. The number of nitrogens with zero attached hydrogens (tertiary/aromatic N) is 3. The van der Waals surface area contributed by atoms with Crippen molar-refractivity contribution in [1.29, 1.82) is 0 Å². The van der Waals surface area contributed by atoms with E-state index in [0.29, 0.717) is 54.0 Å². The smallest absolute Gasteiger partial charge is 0.318 e. The van der Waals surface area contributed by atoms with Crippen LogP contribution in [0.3, 0.4) is 0 Å². The van der Waals surface area contributed by atoms with E-state index in [-0.39, 0.29) is 33.9 Å². The molecule has 10 nitrogen and oxygen atoms in total. The molecule has 0 saturated carbocycles. The lowest BCUT2D eigenvalue weighted by atomic mass is 9.63. The van der Waals surface area contributed by atoms with Crippen molar-refractivity contribution in [3.8, 4) is 11.5 Å². The highest BCUT2D eigenvalue weighted by Crippen LogP contribution is 2.56. The highest BCUT2D eigenvalue weighted by Gasteiger charge is 2.49. The van der Waals surface area contributed by atoms with Gasteiger partial charge >= 0.3 is 5.69 Å². The zero-order valence-electron chi connectivity index (χ0n) is 24.9. The first kappa shape index (κ1) is 30.4. The number of hydrogen-bond donors (Lipinski definition) is 0. The molecule has 0 fully saturated rings. The summed E-state index contributed by atoms with van der Waals surface area (Å²) in [6.07, 6.45) is 2.70. The Morgan fingerprint density at radius 1 is 0.860 bits per heavy atom. The Kier molecular flexibility index (Phi) is 7.71. The van der Waals surface area contributed by atoms with Crippen LogP contribution >= 0.6 is 11.6 Å². The summed E-state index contributed by atoms with van der Waals surface area (Å²) in [4.78, 5) is 52.0. The van der Waals surface area contributed by atoms with Crippen LogP contribution in [0.2, 0.25) is 5.02 Å².